The highest BCUT2D eigenvalue weighted by atomic mass is 32.1. The predicted molar refractivity (Wildman–Crippen MR) is 114 cm³/mol. The minimum atomic E-state index is 0.0231. The Morgan fingerprint density at radius 2 is 1.75 bits per heavy atom. The lowest BCUT2D eigenvalue weighted by molar-refractivity contribution is 0.849. The SMILES string of the molecule is Cc1ccc(-c2nc(NC(C)c3nccs3)ncc2-c2ccc(N)nc2)cc1. The molecule has 0 aliphatic heterocycles. The molecule has 1 atom stereocenters. The number of thiazole rings is 1. The molecule has 0 aliphatic carbocycles. The third-order valence-corrected chi connectivity index (χ3v) is 5.34. The first-order valence-corrected chi connectivity index (χ1v) is 9.80. The van der Waals surface area contributed by atoms with E-state index in [1.54, 1.807) is 29.8 Å². The Balaban J connectivity index is 1.76. The summed E-state index contributed by atoms with van der Waals surface area (Å²) in [7, 11) is 0. The minimum Gasteiger partial charge on any atom is -0.384 e. The molecule has 4 rings (SSSR count). The van der Waals surface area contributed by atoms with Crippen LogP contribution in [0.5, 0.6) is 0 Å². The Kier molecular flexibility index (Phi) is 4.99. The van der Waals surface area contributed by atoms with Gasteiger partial charge in [-0.3, -0.25) is 0 Å². The summed E-state index contributed by atoms with van der Waals surface area (Å²) in [6.45, 7) is 4.11. The lowest BCUT2D eigenvalue weighted by Gasteiger charge is -2.14. The third-order valence-electron chi connectivity index (χ3n) is 4.38. The maximum atomic E-state index is 5.74. The molecular formula is C21H20N6S. The number of aryl methyl sites for hydroxylation is 1. The van der Waals surface area contributed by atoms with Gasteiger partial charge in [-0.25, -0.2) is 19.9 Å². The maximum absolute atomic E-state index is 5.74. The standard InChI is InChI=1S/C21H20N6S/c1-13-3-5-15(6-4-13)19-17(16-7-8-18(22)24-11-16)12-25-21(27-19)26-14(2)20-23-9-10-28-20/h3-12,14H,1-2H3,(H2,22,24)(H,25,26,27). The summed E-state index contributed by atoms with van der Waals surface area (Å²) < 4.78 is 0. The molecule has 7 heteroatoms. The fourth-order valence-electron chi connectivity index (χ4n) is 2.86. The second kappa shape index (κ2) is 7.74. The second-order valence-corrected chi connectivity index (χ2v) is 7.46. The second-order valence-electron chi connectivity index (χ2n) is 6.53. The molecule has 0 saturated heterocycles. The van der Waals surface area contributed by atoms with E-state index < -0.39 is 0 Å². The number of anilines is 2. The van der Waals surface area contributed by atoms with Crippen LogP contribution in [-0.2, 0) is 0 Å². The number of nitrogen functional groups attached to an aromatic ring is 1. The van der Waals surface area contributed by atoms with Gasteiger partial charge in [-0.15, -0.1) is 11.3 Å². The van der Waals surface area contributed by atoms with Gasteiger partial charge in [0.05, 0.1) is 11.7 Å². The molecule has 0 radical (unpaired) electrons. The molecule has 0 spiro atoms. The van der Waals surface area contributed by atoms with Crippen LogP contribution in [0.15, 0.2) is 60.4 Å². The molecule has 1 unspecified atom stereocenters. The van der Waals surface area contributed by atoms with Gasteiger partial charge in [0.1, 0.15) is 10.8 Å². The van der Waals surface area contributed by atoms with Crippen LogP contribution >= 0.6 is 11.3 Å². The van der Waals surface area contributed by atoms with Crippen molar-refractivity contribution in [2.75, 3.05) is 11.1 Å². The Bertz CT molecular complexity index is 1060. The van der Waals surface area contributed by atoms with E-state index >= 15 is 0 Å². The number of rotatable bonds is 5. The van der Waals surface area contributed by atoms with Crippen molar-refractivity contribution < 1.29 is 0 Å². The number of hydrogen-bond acceptors (Lipinski definition) is 7. The van der Waals surface area contributed by atoms with Crippen molar-refractivity contribution in [3.8, 4) is 22.4 Å². The minimum absolute atomic E-state index is 0.0231. The molecule has 4 aromatic rings. The topological polar surface area (TPSA) is 89.6 Å². The summed E-state index contributed by atoms with van der Waals surface area (Å²) in [5.74, 6) is 1.04. The largest absolute Gasteiger partial charge is 0.384 e. The zero-order valence-electron chi connectivity index (χ0n) is 15.6. The van der Waals surface area contributed by atoms with Gasteiger partial charge in [-0.1, -0.05) is 29.8 Å². The molecule has 3 aromatic heterocycles. The fourth-order valence-corrected chi connectivity index (χ4v) is 3.51. The molecule has 0 fully saturated rings. The molecule has 0 saturated carbocycles. The van der Waals surface area contributed by atoms with Gasteiger partial charge in [0, 0.05) is 40.7 Å². The molecule has 28 heavy (non-hydrogen) atoms. The molecule has 140 valence electrons. The Labute approximate surface area is 167 Å². The fraction of sp³-hybridized carbons (Fsp3) is 0.143. The molecule has 0 amide bonds. The van der Waals surface area contributed by atoms with Crippen molar-refractivity contribution in [2.24, 2.45) is 0 Å². The van der Waals surface area contributed by atoms with Crippen LogP contribution in [-0.4, -0.2) is 19.9 Å². The predicted octanol–water partition coefficient (Wildman–Crippen LogP) is 4.73. The number of pyridine rings is 1. The van der Waals surface area contributed by atoms with Gasteiger partial charge in [-0.05, 0) is 26.0 Å². The van der Waals surface area contributed by atoms with Crippen molar-refractivity contribution in [1.82, 2.24) is 19.9 Å². The monoisotopic (exact) mass is 388 g/mol. The van der Waals surface area contributed by atoms with Crippen LogP contribution in [0.2, 0.25) is 0 Å². The quantitative estimate of drug-likeness (QED) is 0.514. The van der Waals surface area contributed by atoms with Crippen LogP contribution in [0.25, 0.3) is 22.4 Å². The highest BCUT2D eigenvalue weighted by molar-refractivity contribution is 7.09. The van der Waals surface area contributed by atoms with Crippen LogP contribution in [0.1, 0.15) is 23.5 Å². The molecule has 0 aliphatic rings. The van der Waals surface area contributed by atoms with Crippen LogP contribution in [0.4, 0.5) is 11.8 Å². The van der Waals surface area contributed by atoms with E-state index in [2.05, 4.69) is 51.5 Å². The van der Waals surface area contributed by atoms with Crippen molar-refractivity contribution in [1.29, 1.82) is 0 Å². The highest BCUT2D eigenvalue weighted by Crippen LogP contribution is 2.31. The third kappa shape index (κ3) is 3.84. The van der Waals surface area contributed by atoms with Crippen molar-refractivity contribution in [3.63, 3.8) is 0 Å². The van der Waals surface area contributed by atoms with E-state index in [9.17, 15) is 0 Å². The lowest BCUT2D eigenvalue weighted by Crippen LogP contribution is -2.10. The van der Waals surface area contributed by atoms with E-state index in [-0.39, 0.29) is 6.04 Å². The number of nitrogens with two attached hydrogens (primary N) is 1. The molecule has 1 aromatic carbocycles. The summed E-state index contributed by atoms with van der Waals surface area (Å²) >= 11 is 1.60. The van der Waals surface area contributed by atoms with E-state index in [4.69, 9.17) is 10.7 Å². The summed E-state index contributed by atoms with van der Waals surface area (Å²) in [6, 6.07) is 12.0. The smallest absolute Gasteiger partial charge is 0.223 e. The summed E-state index contributed by atoms with van der Waals surface area (Å²) in [5, 5.41) is 6.30. The molecule has 3 N–H and O–H groups in total. The van der Waals surface area contributed by atoms with Gasteiger partial charge >= 0.3 is 0 Å². The van der Waals surface area contributed by atoms with Gasteiger partial charge < -0.3 is 11.1 Å². The summed E-state index contributed by atoms with van der Waals surface area (Å²) in [6.07, 6.45) is 5.37. The van der Waals surface area contributed by atoms with Gasteiger partial charge in [0.25, 0.3) is 0 Å². The van der Waals surface area contributed by atoms with E-state index in [0.717, 1.165) is 27.4 Å². The average Bonchev–Trinajstić information content (AvgIpc) is 3.24. The lowest BCUT2D eigenvalue weighted by atomic mass is 10.0. The van der Waals surface area contributed by atoms with Gasteiger partial charge in [0.15, 0.2) is 0 Å². The molecular weight excluding hydrogens is 368 g/mol. The molecule has 0 bridgehead atoms. The zero-order chi connectivity index (χ0) is 19.5. The zero-order valence-corrected chi connectivity index (χ0v) is 16.4. The average molecular weight is 389 g/mol. The molecule has 6 nitrogen and oxygen atoms in total. The van der Waals surface area contributed by atoms with Crippen LogP contribution < -0.4 is 11.1 Å². The summed E-state index contributed by atoms with van der Waals surface area (Å²) in [4.78, 5) is 17.9. The number of aromatic nitrogens is 4. The summed E-state index contributed by atoms with van der Waals surface area (Å²) in [5.41, 5.74) is 10.6. The first kappa shape index (κ1) is 18.1. The number of hydrogen-bond donors (Lipinski definition) is 2. The first-order valence-electron chi connectivity index (χ1n) is 8.92. The van der Waals surface area contributed by atoms with E-state index in [1.807, 2.05) is 24.6 Å². The normalized spacial score (nSPS) is 11.9. The number of nitrogens with one attached hydrogen (secondary N) is 1. The van der Waals surface area contributed by atoms with E-state index in [1.165, 1.54) is 5.56 Å². The van der Waals surface area contributed by atoms with Crippen LogP contribution in [0.3, 0.4) is 0 Å². The Morgan fingerprint density at radius 1 is 0.964 bits per heavy atom. The number of benzene rings is 1. The van der Waals surface area contributed by atoms with Crippen molar-refractivity contribution in [2.45, 2.75) is 19.9 Å². The maximum Gasteiger partial charge on any atom is 0.223 e. The van der Waals surface area contributed by atoms with Gasteiger partial charge in [-0.2, -0.15) is 0 Å². The highest BCUT2D eigenvalue weighted by Gasteiger charge is 2.15. The van der Waals surface area contributed by atoms with E-state index in [0.29, 0.717) is 11.8 Å². The Hall–Kier alpha value is -3.32. The van der Waals surface area contributed by atoms with Gasteiger partial charge in [0.2, 0.25) is 5.95 Å². The van der Waals surface area contributed by atoms with Crippen LogP contribution in [0, 0.1) is 6.92 Å². The van der Waals surface area contributed by atoms with Crippen molar-refractivity contribution >= 4 is 23.1 Å². The Morgan fingerprint density at radius 3 is 2.43 bits per heavy atom. The first-order chi connectivity index (χ1) is 13.6. The number of nitrogens with zero attached hydrogens (tertiary/aromatic N) is 4. The van der Waals surface area contributed by atoms with Crippen molar-refractivity contribution in [3.05, 3.63) is 70.9 Å². The molecule has 3 heterocycles.